The Morgan fingerprint density at radius 1 is 0.852 bits per heavy atom. The minimum absolute atomic E-state index is 0.470. The summed E-state index contributed by atoms with van der Waals surface area (Å²) in [6.45, 7) is 5.81. The number of halogens is 2. The highest BCUT2D eigenvalue weighted by molar-refractivity contribution is 5.19. The quantitative estimate of drug-likeness (QED) is 0.789. The van der Waals surface area contributed by atoms with Gasteiger partial charge in [-0.1, -0.05) is 12.1 Å². The molecule has 0 N–H and O–H groups in total. The Labute approximate surface area is 160 Å². The van der Waals surface area contributed by atoms with Crippen LogP contribution in [0.4, 0.5) is 8.78 Å². The number of pyridine rings is 1. The maximum Gasteiger partial charge on any atom is 0.163 e. The van der Waals surface area contributed by atoms with Gasteiger partial charge in [-0.05, 0) is 74.5 Å². The second kappa shape index (κ2) is 8.44. The van der Waals surface area contributed by atoms with Gasteiger partial charge in [0.25, 0.3) is 0 Å². The Hall–Kier alpha value is -1.85. The summed E-state index contributed by atoms with van der Waals surface area (Å²) in [4.78, 5) is 8.90. The second-order valence-corrected chi connectivity index (χ2v) is 7.97. The van der Waals surface area contributed by atoms with Crippen LogP contribution in [0.5, 0.6) is 0 Å². The predicted molar refractivity (Wildman–Crippen MR) is 102 cm³/mol. The van der Waals surface area contributed by atoms with Crippen molar-refractivity contribution >= 4 is 0 Å². The van der Waals surface area contributed by atoms with Gasteiger partial charge in [0.15, 0.2) is 11.6 Å². The van der Waals surface area contributed by atoms with Gasteiger partial charge >= 0.3 is 0 Å². The van der Waals surface area contributed by atoms with Crippen molar-refractivity contribution in [3.05, 3.63) is 65.5 Å². The Kier molecular flexibility index (Phi) is 5.79. The molecule has 0 bridgehead atoms. The molecule has 3 heterocycles. The lowest BCUT2D eigenvalue weighted by Crippen LogP contribution is -2.36. The number of hydrogen-bond donors (Lipinski definition) is 0. The van der Waals surface area contributed by atoms with Crippen LogP contribution < -0.4 is 0 Å². The number of rotatable bonds is 5. The minimum atomic E-state index is -0.748. The maximum atomic E-state index is 13.9. The molecule has 0 saturated carbocycles. The fourth-order valence-corrected chi connectivity index (χ4v) is 4.63. The van der Waals surface area contributed by atoms with Crippen molar-refractivity contribution in [1.82, 2.24) is 14.8 Å². The van der Waals surface area contributed by atoms with Gasteiger partial charge in [0, 0.05) is 37.6 Å². The summed E-state index contributed by atoms with van der Waals surface area (Å²) >= 11 is 0. The van der Waals surface area contributed by atoms with Crippen molar-refractivity contribution in [3.63, 3.8) is 0 Å². The summed E-state index contributed by atoms with van der Waals surface area (Å²) in [6, 6.07) is 8.66. The molecule has 144 valence electrons. The number of benzene rings is 1. The second-order valence-electron chi connectivity index (χ2n) is 7.97. The molecular formula is C22H27F2N3. The van der Waals surface area contributed by atoms with Gasteiger partial charge in [-0.3, -0.25) is 14.8 Å². The lowest BCUT2D eigenvalue weighted by Gasteiger charge is -2.35. The highest BCUT2D eigenvalue weighted by Gasteiger charge is 2.32. The first-order valence-corrected chi connectivity index (χ1v) is 9.95. The Balaban J connectivity index is 1.25. The van der Waals surface area contributed by atoms with Crippen LogP contribution in [-0.2, 0) is 13.1 Å². The third-order valence-electron chi connectivity index (χ3n) is 6.19. The Morgan fingerprint density at radius 2 is 1.56 bits per heavy atom. The SMILES string of the molecule is Fc1cccc(CN2CCC([C@@H]3CCN(Cc4ccncc4)C3)CC2)c1F. The molecule has 2 fully saturated rings. The first kappa shape index (κ1) is 18.5. The van der Waals surface area contributed by atoms with E-state index in [2.05, 4.69) is 26.9 Å². The molecular weight excluding hydrogens is 344 g/mol. The van der Waals surface area contributed by atoms with Crippen molar-refractivity contribution in [1.29, 1.82) is 0 Å². The van der Waals surface area contributed by atoms with Crippen molar-refractivity contribution in [3.8, 4) is 0 Å². The van der Waals surface area contributed by atoms with Crippen molar-refractivity contribution in [2.45, 2.75) is 32.4 Å². The standard InChI is InChI=1S/C22H27F2N3/c23-21-3-1-2-20(22(21)24)16-26-11-6-18(7-12-26)19-8-13-27(15-19)14-17-4-9-25-10-5-17/h1-5,9-10,18-19H,6-8,11-16H2/t19-/m1/s1. The third kappa shape index (κ3) is 4.53. The van der Waals surface area contributed by atoms with Crippen molar-refractivity contribution in [2.24, 2.45) is 11.8 Å². The van der Waals surface area contributed by atoms with Crippen molar-refractivity contribution < 1.29 is 8.78 Å². The minimum Gasteiger partial charge on any atom is -0.299 e. The molecule has 2 aromatic rings. The van der Waals surface area contributed by atoms with Crippen LogP contribution in [0.3, 0.4) is 0 Å². The highest BCUT2D eigenvalue weighted by atomic mass is 19.2. The van der Waals surface area contributed by atoms with Crippen LogP contribution in [0.1, 0.15) is 30.4 Å². The van der Waals surface area contributed by atoms with Crippen LogP contribution >= 0.6 is 0 Å². The summed E-state index contributed by atoms with van der Waals surface area (Å²) in [7, 11) is 0. The molecule has 2 aliphatic rings. The van der Waals surface area contributed by atoms with Crippen LogP contribution in [0.25, 0.3) is 0 Å². The van der Waals surface area contributed by atoms with E-state index in [9.17, 15) is 8.78 Å². The number of hydrogen-bond acceptors (Lipinski definition) is 3. The van der Waals surface area contributed by atoms with E-state index in [0.717, 1.165) is 44.3 Å². The first-order chi connectivity index (χ1) is 13.2. The first-order valence-electron chi connectivity index (χ1n) is 9.95. The van der Waals surface area contributed by atoms with E-state index in [1.165, 1.54) is 31.1 Å². The molecule has 2 aliphatic heterocycles. The van der Waals surface area contributed by atoms with Crippen LogP contribution in [0.2, 0.25) is 0 Å². The number of nitrogens with zero attached hydrogens (tertiary/aromatic N) is 3. The van der Waals surface area contributed by atoms with E-state index < -0.39 is 11.6 Å². The zero-order chi connectivity index (χ0) is 18.6. The zero-order valence-electron chi connectivity index (χ0n) is 15.7. The molecule has 4 rings (SSSR count). The summed E-state index contributed by atoms with van der Waals surface area (Å²) in [5.74, 6) is 0.0748. The van der Waals surface area contributed by atoms with E-state index in [1.54, 1.807) is 12.1 Å². The molecule has 1 aromatic carbocycles. The lowest BCUT2D eigenvalue weighted by molar-refractivity contribution is 0.139. The lowest BCUT2D eigenvalue weighted by atomic mass is 9.83. The smallest absolute Gasteiger partial charge is 0.163 e. The van der Waals surface area contributed by atoms with Crippen LogP contribution in [0.15, 0.2) is 42.7 Å². The molecule has 0 unspecified atom stereocenters. The van der Waals surface area contributed by atoms with E-state index in [0.29, 0.717) is 12.1 Å². The predicted octanol–water partition coefficient (Wildman–Crippen LogP) is 4.09. The van der Waals surface area contributed by atoms with Crippen LogP contribution in [-0.4, -0.2) is 41.0 Å². The third-order valence-corrected chi connectivity index (χ3v) is 6.19. The molecule has 0 aliphatic carbocycles. The normalized spacial score (nSPS) is 22.4. The number of likely N-dealkylation sites (tertiary alicyclic amines) is 2. The highest BCUT2D eigenvalue weighted by Crippen LogP contribution is 2.33. The number of aromatic nitrogens is 1. The van der Waals surface area contributed by atoms with Gasteiger partial charge in [-0.2, -0.15) is 0 Å². The summed E-state index contributed by atoms with van der Waals surface area (Å²) < 4.78 is 27.3. The number of piperidine rings is 1. The van der Waals surface area contributed by atoms with E-state index in [1.807, 2.05) is 12.4 Å². The molecule has 5 heteroatoms. The van der Waals surface area contributed by atoms with Gasteiger partial charge in [0.05, 0.1) is 0 Å². The molecule has 2 saturated heterocycles. The average molecular weight is 371 g/mol. The fraction of sp³-hybridized carbons (Fsp3) is 0.500. The van der Waals surface area contributed by atoms with E-state index in [4.69, 9.17) is 0 Å². The monoisotopic (exact) mass is 371 g/mol. The molecule has 1 aromatic heterocycles. The molecule has 0 radical (unpaired) electrons. The molecule has 0 spiro atoms. The molecule has 0 amide bonds. The zero-order valence-corrected chi connectivity index (χ0v) is 15.7. The van der Waals surface area contributed by atoms with Gasteiger partial charge in [-0.15, -0.1) is 0 Å². The fourth-order valence-electron chi connectivity index (χ4n) is 4.63. The summed E-state index contributed by atoms with van der Waals surface area (Å²) in [5.41, 5.74) is 1.80. The molecule has 1 atom stereocenters. The van der Waals surface area contributed by atoms with Crippen molar-refractivity contribution in [2.75, 3.05) is 26.2 Å². The topological polar surface area (TPSA) is 19.4 Å². The Morgan fingerprint density at radius 3 is 2.33 bits per heavy atom. The van der Waals surface area contributed by atoms with Gasteiger partial charge in [0.1, 0.15) is 0 Å². The van der Waals surface area contributed by atoms with Gasteiger partial charge < -0.3 is 0 Å². The van der Waals surface area contributed by atoms with Gasteiger partial charge in [0.2, 0.25) is 0 Å². The largest absolute Gasteiger partial charge is 0.299 e. The van der Waals surface area contributed by atoms with E-state index in [-0.39, 0.29) is 0 Å². The molecule has 3 nitrogen and oxygen atoms in total. The summed E-state index contributed by atoms with van der Waals surface area (Å²) in [5, 5.41) is 0. The Bertz CT molecular complexity index is 744. The molecule has 27 heavy (non-hydrogen) atoms. The average Bonchev–Trinajstić information content (AvgIpc) is 3.15. The van der Waals surface area contributed by atoms with Crippen LogP contribution in [0, 0.1) is 23.5 Å². The summed E-state index contributed by atoms with van der Waals surface area (Å²) in [6.07, 6.45) is 7.31. The maximum absolute atomic E-state index is 13.9. The van der Waals surface area contributed by atoms with E-state index >= 15 is 0 Å². The van der Waals surface area contributed by atoms with Gasteiger partial charge in [-0.25, -0.2) is 8.78 Å².